The topological polar surface area (TPSA) is 12.0 Å². The van der Waals surface area contributed by atoms with Crippen molar-refractivity contribution in [3.05, 3.63) is 29.3 Å². The van der Waals surface area contributed by atoms with Crippen LogP contribution in [0, 0.1) is 12.3 Å². The second-order valence-electron chi connectivity index (χ2n) is 3.44. The molecule has 0 bridgehead atoms. The molecule has 0 aliphatic rings. The summed E-state index contributed by atoms with van der Waals surface area (Å²) in [5, 5.41) is 4.08. The van der Waals surface area contributed by atoms with E-state index in [-0.39, 0.29) is 6.04 Å². The Balaban J connectivity index is 2.41. The van der Waals surface area contributed by atoms with Gasteiger partial charge >= 0.3 is 0 Å². The normalized spacial score (nSPS) is 12.1. The lowest BCUT2D eigenvalue weighted by molar-refractivity contribution is 0.642. The third-order valence-corrected chi connectivity index (χ3v) is 3.38. The van der Waals surface area contributed by atoms with Crippen molar-refractivity contribution in [3.63, 3.8) is 0 Å². The minimum Gasteiger partial charge on any atom is -0.303 e. The molecule has 1 nitrogen and oxygen atoms in total. The fraction of sp³-hybridized carbons (Fsp3) is 0.385. The molecule has 3 heteroatoms. The predicted molar refractivity (Wildman–Crippen MR) is 73.1 cm³/mol. The average Bonchev–Trinajstić information content (AvgIpc) is 2.29. The van der Waals surface area contributed by atoms with Gasteiger partial charge in [0.05, 0.1) is 6.04 Å². The summed E-state index contributed by atoms with van der Waals surface area (Å²) < 4.78 is 0. The Kier molecular flexibility index (Phi) is 6.40. The first-order valence-electron chi connectivity index (χ1n) is 5.34. The van der Waals surface area contributed by atoms with Crippen molar-refractivity contribution in [1.82, 2.24) is 5.32 Å². The summed E-state index contributed by atoms with van der Waals surface area (Å²) in [7, 11) is 0. The number of rotatable bonds is 6. The van der Waals surface area contributed by atoms with Crippen LogP contribution in [0.5, 0.6) is 0 Å². The Morgan fingerprint density at radius 1 is 1.56 bits per heavy atom. The zero-order valence-electron chi connectivity index (χ0n) is 9.37. The number of hydrogen-bond donors (Lipinski definition) is 1. The van der Waals surface area contributed by atoms with Gasteiger partial charge in [0, 0.05) is 15.7 Å². The SMILES string of the molecule is C#CC(CSc1cccc(Cl)c1)NCCC. The molecule has 1 aromatic rings. The van der Waals surface area contributed by atoms with E-state index in [2.05, 4.69) is 18.2 Å². The maximum atomic E-state index is 5.91. The number of thioether (sulfide) groups is 1. The third-order valence-electron chi connectivity index (χ3n) is 2.05. The first-order chi connectivity index (χ1) is 7.76. The van der Waals surface area contributed by atoms with Crippen LogP contribution in [0.25, 0.3) is 0 Å². The van der Waals surface area contributed by atoms with Crippen molar-refractivity contribution in [3.8, 4) is 12.3 Å². The third kappa shape index (κ3) is 4.94. The Morgan fingerprint density at radius 3 is 3.00 bits per heavy atom. The van der Waals surface area contributed by atoms with E-state index in [9.17, 15) is 0 Å². The van der Waals surface area contributed by atoms with Crippen molar-refractivity contribution in [1.29, 1.82) is 0 Å². The van der Waals surface area contributed by atoms with E-state index in [1.165, 1.54) is 0 Å². The molecule has 0 saturated heterocycles. The smallest absolute Gasteiger partial charge is 0.0782 e. The Labute approximate surface area is 107 Å². The molecular formula is C13H16ClNS. The van der Waals surface area contributed by atoms with Gasteiger partial charge in [-0.05, 0) is 31.2 Å². The van der Waals surface area contributed by atoms with Crippen LogP contribution in [0.1, 0.15) is 13.3 Å². The summed E-state index contributed by atoms with van der Waals surface area (Å²) >= 11 is 7.64. The average molecular weight is 254 g/mol. The lowest BCUT2D eigenvalue weighted by atomic mass is 10.3. The second kappa shape index (κ2) is 7.62. The molecule has 0 saturated carbocycles. The van der Waals surface area contributed by atoms with Crippen molar-refractivity contribution in [2.45, 2.75) is 24.3 Å². The molecule has 0 heterocycles. The Hall–Kier alpha value is -0.620. The Bertz CT molecular complexity index is 359. The van der Waals surface area contributed by atoms with Gasteiger partial charge in [-0.1, -0.05) is 30.5 Å². The molecule has 1 N–H and O–H groups in total. The van der Waals surface area contributed by atoms with Crippen LogP contribution >= 0.6 is 23.4 Å². The van der Waals surface area contributed by atoms with E-state index in [1.54, 1.807) is 11.8 Å². The summed E-state index contributed by atoms with van der Waals surface area (Å²) in [4.78, 5) is 1.16. The van der Waals surface area contributed by atoms with E-state index in [1.807, 2.05) is 24.3 Å². The Morgan fingerprint density at radius 2 is 2.38 bits per heavy atom. The lowest BCUT2D eigenvalue weighted by Crippen LogP contribution is -2.30. The largest absolute Gasteiger partial charge is 0.303 e. The van der Waals surface area contributed by atoms with E-state index in [0.29, 0.717) is 0 Å². The molecule has 0 radical (unpaired) electrons. The van der Waals surface area contributed by atoms with E-state index in [4.69, 9.17) is 18.0 Å². The van der Waals surface area contributed by atoms with Crippen LogP contribution in [-0.2, 0) is 0 Å². The van der Waals surface area contributed by atoms with Gasteiger partial charge in [-0.15, -0.1) is 18.2 Å². The molecule has 1 aromatic carbocycles. The molecule has 0 spiro atoms. The molecule has 0 aliphatic heterocycles. The highest BCUT2D eigenvalue weighted by molar-refractivity contribution is 7.99. The molecule has 0 fully saturated rings. The molecule has 0 aliphatic carbocycles. The fourth-order valence-corrected chi connectivity index (χ4v) is 2.43. The number of halogens is 1. The zero-order valence-corrected chi connectivity index (χ0v) is 10.9. The van der Waals surface area contributed by atoms with Gasteiger partial charge in [-0.25, -0.2) is 0 Å². The van der Waals surface area contributed by atoms with Crippen molar-refractivity contribution in [2.75, 3.05) is 12.3 Å². The standard InChI is InChI=1S/C13H16ClNS/c1-3-8-15-12(4-2)10-16-13-7-5-6-11(14)9-13/h2,5-7,9,12,15H,3,8,10H2,1H3. The van der Waals surface area contributed by atoms with E-state index in [0.717, 1.165) is 28.6 Å². The van der Waals surface area contributed by atoms with Crippen LogP contribution in [0.2, 0.25) is 5.02 Å². The zero-order chi connectivity index (χ0) is 11.8. The number of terminal acetylenes is 1. The van der Waals surface area contributed by atoms with Crippen molar-refractivity contribution in [2.24, 2.45) is 0 Å². The van der Waals surface area contributed by atoms with E-state index >= 15 is 0 Å². The first-order valence-corrected chi connectivity index (χ1v) is 6.70. The summed E-state index contributed by atoms with van der Waals surface area (Å²) in [6.07, 6.45) is 6.55. The van der Waals surface area contributed by atoms with Gasteiger partial charge in [0.2, 0.25) is 0 Å². The summed E-state index contributed by atoms with van der Waals surface area (Å²) in [5.41, 5.74) is 0. The van der Waals surface area contributed by atoms with Crippen molar-refractivity contribution < 1.29 is 0 Å². The fourth-order valence-electron chi connectivity index (χ4n) is 1.22. The quantitative estimate of drug-likeness (QED) is 0.616. The van der Waals surface area contributed by atoms with E-state index < -0.39 is 0 Å². The number of benzene rings is 1. The second-order valence-corrected chi connectivity index (χ2v) is 4.97. The highest BCUT2D eigenvalue weighted by Crippen LogP contribution is 2.21. The van der Waals surface area contributed by atoms with Crippen LogP contribution in [0.15, 0.2) is 29.2 Å². The molecule has 1 unspecified atom stereocenters. The molecule has 0 amide bonds. The van der Waals surface area contributed by atoms with Crippen molar-refractivity contribution >= 4 is 23.4 Å². The van der Waals surface area contributed by atoms with Gasteiger partial charge in [-0.3, -0.25) is 0 Å². The lowest BCUT2D eigenvalue weighted by Gasteiger charge is -2.11. The molecule has 16 heavy (non-hydrogen) atoms. The molecule has 86 valence electrons. The summed E-state index contributed by atoms with van der Waals surface area (Å²) in [6.45, 7) is 3.09. The van der Waals surface area contributed by atoms with Crippen LogP contribution < -0.4 is 5.32 Å². The highest BCUT2D eigenvalue weighted by atomic mass is 35.5. The van der Waals surface area contributed by atoms with Gasteiger partial charge in [0.1, 0.15) is 0 Å². The van der Waals surface area contributed by atoms with Crippen LogP contribution in [0.4, 0.5) is 0 Å². The van der Waals surface area contributed by atoms with Gasteiger partial charge in [-0.2, -0.15) is 0 Å². The first kappa shape index (κ1) is 13.4. The number of nitrogens with one attached hydrogen (secondary N) is 1. The summed E-state index contributed by atoms with van der Waals surface area (Å²) in [5.74, 6) is 3.63. The molecule has 1 atom stereocenters. The maximum absolute atomic E-state index is 5.91. The highest BCUT2D eigenvalue weighted by Gasteiger charge is 2.04. The maximum Gasteiger partial charge on any atom is 0.0782 e. The predicted octanol–water partition coefficient (Wildman–Crippen LogP) is 3.43. The van der Waals surface area contributed by atoms with Crippen LogP contribution in [-0.4, -0.2) is 18.3 Å². The van der Waals surface area contributed by atoms with Gasteiger partial charge in [0.25, 0.3) is 0 Å². The van der Waals surface area contributed by atoms with Crippen LogP contribution in [0.3, 0.4) is 0 Å². The monoisotopic (exact) mass is 253 g/mol. The minimum absolute atomic E-state index is 0.129. The molecule has 1 rings (SSSR count). The number of hydrogen-bond acceptors (Lipinski definition) is 2. The van der Waals surface area contributed by atoms with Gasteiger partial charge in [0.15, 0.2) is 0 Å². The van der Waals surface area contributed by atoms with Gasteiger partial charge < -0.3 is 5.32 Å². The minimum atomic E-state index is 0.129. The summed E-state index contributed by atoms with van der Waals surface area (Å²) in [6, 6.07) is 7.96. The molecular weight excluding hydrogens is 238 g/mol. The molecule has 0 aromatic heterocycles.